The number of para-hydroxylation sites is 1. The van der Waals surface area contributed by atoms with Crippen LogP contribution in [0, 0.1) is 0 Å². The number of hydrogen-bond acceptors (Lipinski definition) is 6. The zero-order valence-corrected chi connectivity index (χ0v) is 20.5. The van der Waals surface area contributed by atoms with Crippen LogP contribution in [0.4, 0.5) is 5.69 Å². The quantitative estimate of drug-likeness (QED) is 0.345. The van der Waals surface area contributed by atoms with Gasteiger partial charge in [0.15, 0.2) is 22.8 Å². The third-order valence-electron chi connectivity index (χ3n) is 5.82. The second-order valence-corrected chi connectivity index (χ2v) is 8.52. The Kier molecular flexibility index (Phi) is 6.12. The number of pyridine rings is 1. The lowest BCUT2D eigenvalue weighted by atomic mass is 10.1. The maximum Gasteiger partial charge on any atom is 0.276 e. The number of rotatable bonds is 7. The minimum absolute atomic E-state index is 0.182. The number of hydrogen-bond donors (Lipinski definition) is 1. The van der Waals surface area contributed by atoms with Gasteiger partial charge in [0.25, 0.3) is 5.91 Å². The molecule has 182 valence electrons. The van der Waals surface area contributed by atoms with E-state index in [1.807, 2.05) is 73.3 Å². The summed E-state index contributed by atoms with van der Waals surface area (Å²) in [5.41, 5.74) is 3.85. The monoisotopic (exact) mass is 482 g/mol. The summed E-state index contributed by atoms with van der Waals surface area (Å²) in [5, 5.41) is 12.8. The molecule has 3 aromatic heterocycles. The third kappa shape index (κ3) is 4.26. The number of nitrogens with one attached hydrogen (secondary N) is 1. The number of methoxy groups -OCH3 is 2. The standard InChI is InChI=1S/C27H26N6O3/c1-17(2)33-26-19(14-29-33)12-20(15-28-26)30-27(34)25-22(16-32(31-25)21-8-6-5-7-9-21)18-10-11-23(35-3)24(13-18)36-4/h5-17H,1-4H3,(H,30,34). The molecule has 0 fully saturated rings. The molecule has 9 nitrogen and oxygen atoms in total. The molecule has 0 bridgehead atoms. The Bertz CT molecular complexity index is 1540. The van der Waals surface area contributed by atoms with Crippen LogP contribution >= 0.6 is 0 Å². The Morgan fingerprint density at radius 1 is 0.972 bits per heavy atom. The fourth-order valence-electron chi connectivity index (χ4n) is 4.05. The largest absolute Gasteiger partial charge is 0.493 e. The van der Waals surface area contributed by atoms with Gasteiger partial charge < -0.3 is 14.8 Å². The molecule has 9 heteroatoms. The van der Waals surface area contributed by atoms with Crippen molar-refractivity contribution in [2.45, 2.75) is 19.9 Å². The number of anilines is 1. The zero-order valence-electron chi connectivity index (χ0n) is 20.5. The Hall–Kier alpha value is -4.66. The first-order chi connectivity index (χ1) is 17.5. The lowest BCUT2D eigenvalue weighted by Gasteiger charge is -2.10. The third-order valence-corrected chi connectivity index (χ3v) is 5.82. The van der Waals surface area contributed by atoms with Crippen LogP contribution in [-0.4, -0.2) is 44.7 Å². The summed E-state index contributed by atoms with van der Waals surface area (Å²) < 4.78 is 14.4. The first kappa shape index (κ1) is 23.1. The van der Waals surface area contributed by atoms with E-state index in [-0.39, 0.29) is 17.6 Å². The fraction of sp³-hybridized carbons (Fsp3) is 0.185. The van der Waals surface area contributed by atoms with E-state index < -0.39 is 0 Å². The minimum Gasteiger partial charge on any atom is -0.493 e. The molecular weight excluding hydrogens is 456 g/mol. The zero-order chi connectivity index (χ0) is 25.2. The molecule has 0 aliphatic rings. The highest BCUT2D eigenvalue weighted by Gasteiger charge is 2.21. The highest BCUT2D eigenvalue weighted by molar-refractivity contribution is 6.07. The number of carbonyl (C=O) groups excluding carboxylic acids is 1. The number of amides is 1. The number of nitrogens with zero attached hydrogens (tertiary/aromatic N) is 5. The van der Waals surface area contributed by atoms with E-state index in [0.29, 0.717) is 22.7 Å². The molecule has 0 aliphatic carbocycles. The molecule has 0 spiro atoms. The maximum absolute atomic E-state index is 13.5. The van der Waals surface area contributed by atoms with Gasteiger partial charge >= 0.3 is 0 Å². The predicted molar refractivity (Wildman–Crippen MR) is 138 cm³/mol. The van der Waals surface area contributed by atoms with Crippen molar-refractivity contribution in [2.24, 2.45) is 0 Å². The van der Waals surface area contributed by atoms with Gasteiger partial charge in [-0.3, -0.25) is 4.79 Å². The molecule has 0 saturated carbocycles. The van der Waals surface area contributed by atoms with E-state index in [4.69, 9.17) is 9.47 Å². The summed E-state index contributed by atoms with van der Waals surface area (Å²) in [6, 6.07) is 17.2. The van der Waals surface area contributed by atoms with Gasteiger partial charge in [-0.15, -0.1) is 0 Å². The van der Waals surface area contributed by atoms with Crippen LogP contribution in [0.5, 0.6) is 11.5 Å². The molecule has 2 aromatic carbocycles. The minimum atomic E-state index is -0.355. The van der Waals surface area contributed by atoms with Crippen molar-refractivity contribution in [3.63, 3.8) is 0 Å². The molecule has 5 rings (SSSR count). The Morgan fingerprint density at radius 3 is 2.47 bits per heavy atom. The molecule has 0 radical (unpaired) electrons. The van der Waals surface area contributed by atoms with E-state index in [1.54, 1.807) is 37.4 Å². The van der Waals surface area contributed by atoms with E-state index >= 15 is 0 Å². The van der Waals surface area contributed by atoms with Gasteiger partial charge in [0.1, 0.15) is 0 Å². The van der Waals surface area contributed by atoms with Crippen molar-refractivity contribution in [3.05, 3.63) is 78.9 Å². The molecule has 1 amide bonds. The van der Waals surface area contributed by atoms with Crippen LogP contribution in [0.2, 0.25) is 0 Å². The van der Waals surface area contributed by atoms with Gasteiger partial charge in [0.2, 0.25) is 0 Å². The topological polar surface area (TPSA) is 96.1 Å². The summed E-state index contributed by atoms with van der Waals surface area (Å²) in [5.74, 6) is 0.807. The van der Waals surface area contributed by atoms with Gasteiger partial charge in [-0.05, 0) is 49.7 Å². The van der Waals surface area contributed by atoms with Crippen LogP contribution in [0.25, 0.3) is 27.8 Å². The van der Waals surface area contributed by atoms with Crippen LogP contribution in [0.3, 0.4) is 0 Å². The Labute approximate surface area is 208 Å². The van der Waals surface area contributed by atoms with E-state index in [9.17, 15) is 4.79 Å². The number of benzene rings is 2. The van der Waals surface area contributed by atoms with E-state index in [2.05, 4.69) is 20.5 Å². The van der Waals surface area contributed by atoms with Crippen molar-refractivity contribution in [1.29, 1.82) is 0 Å². The smallest absolute Gasteiger partial charge is 0.276 e. The summed E-state index contributed by atoms with van der Waals surface area (Å²) in [4.78, 5) is 18.0. The van der Waals surface area contributed by atoms with Gasteiger partial charge in [-0.1, -0.05) is 24.3 Å². The molecular formula is C27H26N6O3. The first-order valence-corrected chi connectivity index (χ1v) is 11.5. The van der Waals surface area contributed by atoms with Crippen LogP contribution < -0.4 is 14.8 Å². The van der Waals surface area contributed by atoms with Gasteiger partial charge in [-0.25, -0.2) is 14.3 Å². The van der Waals surface area contributed by atoms with Crippen molar-refractivity contribution in [2.75, 3.05) is 19.5 Å². The van der Waals surface area contributed by atoms with Crippen molar-refractivity contribution >= 4 is 22.6 Å². The van der Waals surface area contributed by atoms with E-state index in [0.717, 1.165) is 22.3 Å². The predicted octanol–water partition coefficient (Wildman–Crippen LogP) is 5.13. The second kappa shape index (κ2) is 9.53. The van der Waals surface area contributed by atoms with Crippen LogP contribution in [-0.2, 0) is 0 Å². The average molecular weight is 483 g/mol. The fourth-order valence-corrected chi connectivity index (χ4v) is 4.05. The number of fused-ring (bicyclic) bond motifs is 1. The Balaban J connectivity index is 1.54. The lowest BCUT2D eigenvalue weighted by molar-refractivity contribution is 0.102. The molecule has 36 heavy (non-hydrogen) atoms. The number of ether oxygens (including phenoxy) is 2. The second-order valence-electron chi connectivity index (χ2n) is 8.52. The summed E-state index contributed by atoms with van der Waals surface area (Å²) in [7, 11) is 3.16. The molecule has 0 aliphatic heterocycles. The Morgan fingerprint density at radius 2 is 1.75 bits per heavy atom. The summed E-state index contributed by atoms with van der Waals surface area (Å²) >= 11 is 0. The SMILES string of the molecule is COc1ccc(-c2cn(-c3ccccc3)nc2C(=O)Nc2cnc3c(cnn3C(C)C)c2)cc1OC. The van der Waals surface area contributed by atoms with Crippen molar-refractivity contribution < 1.29 is 14.3 Å². The molecule has 1 N–H and O–H groups in total. The van der Waals surface area contributed by atoms with Gasteiger partial charge in [0.05, 0.1) is 38.0 Å². The van der Waals surface area contributed by atoms with E-state index in [1.165, 1.54) is 0 Å². The van der Waals surface area contributed by atoms with Crippen molar-refractivity contribution in [3.8, 4) is 28.3 Å². The normalized spacial score (nSPS) is 11.1. The molecule has 0 atom stereocenters. The van der Waals surface area contributed by atoms with Crippen LogP contribution in [0.15, 0.2) is 73.2 Å². The van der Waals surface area contributed by atoms with Crippen molar-refractivity contribution in [1.82, 2.24) is 24.5 Å². The lowest BCUT2D eigenvalue weighted by Crippen LogP contribution is -2.14. The maximum atomic E-state index is 13.5. The molecule has 0 saturated heterocycles. The average Bonchev–Trinajstić information content (AvgIpc) is 3.54. The molecule has 5 aromatic rings. The highest BCUT2D eigenvalue weighted by Crippen LogP contribution is 2.34. The number of carbonyl (C=O) groups is 1. The van der Waals surface area contributed by atoms with Gasteiger partial charge in [-0.2, -0.15) is 10.2 Å². The molecule has 0 unspecified atom stereocenters. The molecule has 3 heterocycles. The number of aromatic nitrogens is 5. The summed E-state index contributed by atoms with van der Waals surface area (Å²) in [6.45, 7) is 4.09. The highest BCUT2D eigenvalue weighted by atomic mass is 16.5. The summed E-state index contributed by atoms with van der Waals surface area (Å²) in [6.07, 6.45) is 5.21. The van der Waals surface area contributed by atoms with Gasteiger partial charge in [0, 0.05) is 23.2 Å². The van der Waals surface area contributed by atoms with Crippen LogP contribution in [0.1, 0.15) is 30.4 Å². The first-order valence-electron chi connectivity index (χ1n) is 11.5.